The highest BCUT2D eigenvalue weighted by atomic mass is 32.2. The van der Waals surface area contributed by atoms with E-state index in [1.807, 2.05) is 0 Å². The molecule has 0 saturated heterocycles. The van der Waals surface area contributed by atoms with Crippen molar-refractivity contribution in [3.05, 3.63) is 34.9 Å². The van der Waals surface area contributed by atoms with Crippen molar-refractivity contribution >= 4 is 35.2 Å². The Morgan fingerprint density at radius 2 is 1.96 bits per heavy atom. The van der Waals surface area contributed by atoms with E-state index in [2.05, 4.69) is 10.7 Å². The van der Waals surface area contributed by atoms with Gasteiger partial charge in [-0.05, 0) is 30.5 Å². The van der Waals surface area contributed by atoms with Crippen LogP contribution in [0, 0.1) is 0 Å². The molecule has 3 amide bonds. The minimum atomic E-state index is -0.974. The molecule has 0 aromatic heterocycles. The van der Waals surface area contributed by atoms with Gasteiger partial charge >= 0.3 is 0 Å². The lowest BCUT2D eigenvalue weighted by Gasteiger charge is -2.22. The molecule has 10 heteroatoms. The van der Waals surface area contributed by atoms with Gasteiger partial charge in [0.25, 0.3) is 11.8 Å². The third-order valence-electron chi connectivity index (χ3n) is 3.32. The Balaban J connectivity index is 1.95. The zero-order valence-corrected chi connectivity index (χ0v) is 14.6. The van der Waals surface area contributed by atoms with E-state index < -0.39 is 18.0 Å². The molecular weight excluding hydrogens is 346 g/mol. The highest BCUT2D eigenvalue weighted by molar-refractivity contribution is 8.02. The number of nitrogens with one attached hydrogen (secondary N) is 2. The topological polar surface area (TPSA) is 140 Å². The van der Waals surface area contributed by atoms with E-state index in [0.29, 0.717) is 16.5 Å². The molecule has 1 aliphatic rings. The van der Waals surface area contributed by atoms with Crippen molar-refractivity contribution in [3.8, 4) is 5.75 Å². The van der Waals surface area contributed by atoms with Gasteiger partial charge in [-0.3, -0.25) is 19.8 Å². The predicted molar refractivity (Wildman–Crippen MR) is 93.9 cm³/mol. The van der Waals surface area contributed by atoms with Gasteiger partial charge < -0.3 is 21.5 Å². The van der Waals surface area contributed by atoms with Crippen LogP contribution < -0.4 is 26.9 Å². The number of hydrogen-bond donors (Lipinski definition) is 4. The molecule has 0 radical (unpaired) electrons. The number of primary amides is 1. The van der Waals surface area contributed by atoms with Gasteiger partial charge in [0.15, 0.2) is 6.61 Å². The summed E-state index contributed by atoms with van der Waals surface area (Å²) in [5.74, 6) is -0.876. The standard InChI is InChI=1S/C15H19N5O4S/c1-8(21)18-9-3-5-10(6-4-9)24-7-11(22)20-13(16)12(14(17)23)15(19-20)25-2/h3-6,13,19H,7,16H2,1-2H3,(H2,17,23)(H,18,21). The molecule has 1 aliphatic heterocycles. The first-order valence-corrected chi connectivity index (χ1v) is 8.48. The Bertz CT molecular complexity index is 719. The van der Waals surface area contributed by atoms with Crippen molar-refractivity contribution < 1.29 is 19.1 Å². The van der Waals surface area contributed by atoms with Gasteiger partial charge in [-0.1, -0.05) is 0 Å². The summed E-state index contributed by atoms with van der Waals surface area (Å²) in [6.45, 7) is 1.13. The van der Waals surface area contributed by atoms with Gasteiger partial charge in [-0.15, -0.1) is 11.8 Å². The first-order chi connectivity index (χ1) is 11.8. The Kier molecular flexibility index (Phi) is 5.88. The maximum absolute atomic E-state index is 12.3. The lowest BCUT2D eigenvalue weighted by atomic mass is 10.2. The molecule has 9 nitrogen and oxygen atoms in total. The lowest BCUT2D eigenvalue weighted by molar-refractivity contribution is -0.136. The van der Waals surface area contributed by atoms with Crippen LogP contribution in [0.15, 0.2) is 34.9 Å². The summed E-state index contributed by atoms with van der Waals surface area (Å²) in [6.07, 6.45) is 0.761. The van der Waals surface area contributed by atoms with Crippen LogP contribution in [0.5, 0.6) is 5.75 Å². The SMILES string of the molecule is CSC1=C(C(N)=O)C(N)N(C(=O)COc2ccc(NC(C)=O)cc2)N1. The van der Waals surface area contributed by atoms with Gasteiger partial charge in [-0.25, -0.2) is 5.01 Å². The number of thioether (sulfide) groups is 1. The molecule has 0 saturated carbocycles. The van der Waals surface area contributed by atoms with E-state index in [4.69, 9.17) is 16.2 Å². The number of ether oxygens (including phenoxy) is 1. The maximum atomic E-state index is 12.3. The second kappa shape index (κ2) is 7.90. The molecule has 0 bridgehead atoms. The van der Waals surface area contributed by atoms with Crippen LogP contribution >= 0.6 is 11.8 Å². The van der Waals surface area contributed by atoms with Crippen molar-refractivity contribution in [1.82, 2.24) is 10.4 Å². The first-order valence-electron chi connectivity index (χ1n) is 7.26. The second-order valence-corrected chi connectivity index (χ2v) is 5.94. The van der Waals surface area contributed by atoms with E-state index in [9.17, 15) is 14.4 Å². The number of anilines is 1. The van der Waals surface area contributed by atoms with Crippen LogP contribution in [0.3, 0.4) is 0 Å². The Morgan fingerprint density at radius 3 is 2.44 bits per heavy atom. The molecule has 1 heterocycles. The zero-order chi connectivity index (χ0) is 18.6. The van der Waals surface area contributed by atoms with E-state index >= 15 is 0 Å². The highest BCUT2D eigenvalue weighted by Crippen LogP contribution is 2.24. The second-order valence-electron chi connectivity index (χ2n) is 5.13. The van der Waals surface area contributed by atoms with E-state index in [1.54, 1.807) is 30.5 Å². The van der Waals surface area contributed by atoms with Gasteiger partial charge in [0, 0.05) is 12.6 Å². The van der Waals surface area contributed by atoms with Crippen LogP contribution in [-0.4, -0.2) is 41.8 Å². The zero-order valence-electron chi connectivity index (χ0n) is 13.7. The molecule has 0 spiro atoms. The minimum absolute atomic E-state index is 0.153. The summed E-state index contributed by atoms with van der Waals surface area (Å²) in [5.41, 5.74) is 14.7. The van der Waals surface area contributed by atoms with Crippen LogP contribution in [0.2, 0.25) is 0 Å². The number of nitrogens with zero attached hydrogens (tertiary/aromatic N) is 1. The molecule has 0 fully saturated rings. The molecule has 2 rings (SSSR count). The normalized spacial score (nSPS) is 16.4. The number of benzene rings is 1. The fraction of sp³-hybridized carbons (Fsp3) is 0.267. The summed E-state index contributed by atoms with van der Waals surface area (Å²) in [6, 6.07) is 6.55. The molecule has 25 heavy (non-hydrogen) atoms. The quantitative estimate of drug-likeness (QED) is 0.543. The Labute approximate surface area is 148 Å². The van der Waals surface area contributed by atoms with Crippen molar-refractivity contribution in [2.24, 2.45) is 11.5 Å². The molecule has 1 aromatic rings. The van der Waals surface area contributed by atoms with Crippen molar-refractivity contribution in [1.29, 1.82) is 0 Å². The average molecular weight is 365 g/mol. The number of nitrogens with two attached hydrogens (primary N) is 2. The minimum Gasteiger partial charge on any atom is -0.484 e. The third kappa shape index (κ3) is 4.43. The van der Waals surface area contributed by atoms with Crippen molar-refractivity contribution in [2.75, 3.05) is 18.2 Å². The largest absolute Gasteiger partial charge is 0.484 e. The summed E-state index contributed by atoms with van der Waals surface area (Å²) < 4.78 is 5.41. The predicted octanol–water partition coefficient (Wildman–Crippen LogP) is -0.285. The third-order valence-corrected chi connectivity index (χ3v) is 4.04. The van der Waals surface area contributed by atoms with Gasteiger partial charge in [0.1, 0.15) is 11.9 Å². The number of carbonyl (C=O) groups excluding carboxylic acids is 3. The number of carbonyl (C=O) groups is 3. The summed E-state index contributed by atoms with van der Waals surface area (Å²) in [4.78, 5) is 34.7. The Hall–Kier alpha value is -2.72. The number of amides is 3. The molecular formula is C15H19N5O4S. The van der Waals surface area contributed by atoms with Crippen molar-refractivity contribution in [3.63, 3.8) is 0 Å². The molecule has 1 atom stereocenters. The van der Waals surface area contributed by atoms with E-state index in [0.717, 1.165) is 5.01 Å². The van der Waals surface area contributed by atoms with Crippen LogP contribution in [0.1, 0.15) is 6.92 Å². The Morgan fingerprint density at radius 1 is 1.32 bits per heavy atom. The molecule has 1 unspecified atom stereocenters. The van der Waals surface area contributed by atoms with Crippen LogP contribution in [0.4, 0.5) is 5.69 Å². The first kappa shape index (κ1) is 18.6. The lowest BCUT2D eigenvalue weighted by Crippen LogP contribution is -2.51. The average Bonchev–Trinajstić information content (AvgIpc) is 2.90. The molecule has 0 aliphatic carbocycles. The van der Waals surface area contributed by atoms with Crippen LogP contribution in [-0.2, 0) is 14.4 Å². The monoisotopic (exact) mass is 365 g/mol. The van der Waals surface area contributed by atoms with Crippen molar-refractivity contribution in [2.45, 2.75) is 13.1 Å². The van der Waals surface area contributed by atoms with Gasteiger partial charge in [0.2, 0.25) is 5.91 Å². The highest BCUT2D eigenvalue weighted by Gasteiger charge is 2.36. The fourth-order valence-electron chi connectivity index (χ4n) is 2.19. The number of hydrazine groups is 1. The molecule has 6 N–H and O–H groups in total. The summed E-state index contributed by atoms with van der Waals surface area (Å²) in [7, 11) is 0. The van der Waals surface area contributed by atoms with Gasteiger partial charge in [0.05, 0.1) is 10.6 Å². The number of rotatable bonds is 6. The summed E-state index contributed by atoms with van der Waals surface area (Å²) >= 11 is 1.23. The number of hydrogen-bond acceptors (Lipinski definition) is 7. The fourth-order valence-corrected chi connectivity index (χ4v) is 2.82. The maximum Gasteiger partial charge on any atom is 0.280 e. The summed E-state index contributed by atoms with van der Waals surface area (Å²) in [5, 5.41) is 4.17. The molecule has 134 valence electrons. The van der Waals surface area contributed by atoms with Crippen LogP contribution in [0.25, 0.3) is 0 Å². The van der Waals surface area contributed by atoms with E-state index in [1.165, 1.54) is 18.7 Å². The van der Waals surface area contributed by atoms with Gasteiger partial charge in [-0.2, -0.15) is 0 Å². The molecule has 1 aromatic carbocycles. The smallest absolute Gasteiger partial charge is 0.280 e. The van der Waals surface area contributed by atoms with E-state index in [-0.39, 0.29) is 18.1 Å².